The Bertz CT molecular complexity index is 314. The summed E-state index contributed by atoms with van der Waals surface area (Å²) in [4.78, 5) is 3.66. The van der Waals surface area contributed by atoms with Crippen LogP contribution < -0.4 is 5.73 Å². The molecule has 14 heavy (non-hydrogen) atoms. The van der Waals surface area contributed by atoms with Crippen LogP contribution in [0.25, 0.3) is 0 Å². The number of alkyl halides is 3. The van der Waals surface area contributed by atoms with Crippen LogP contribution in [0.3, 0.4) is 0 Å². The minimum atomic E-state index is -4.40. The van der Waals surface area contributed by atoms with Crippen molar-refractivity contribution < 1.29 is 13.2 Å². The number of pyridine rings is 1. The molecule has 0 saturated heterocycles. The number of nitrogens with zero attached hydrogens (tertiary/aromatic N) is 1. The van der Waals surface area contributed by atoms with E-state index in [0.29, 0.717) is 5.56 Å². The van der Waals surface area contributed by atoms with Gasteiger partial charge in [0.25, 0.3) is 0 Å². The summed E-state index contributed by atoms with van der Waals surface area (Å²) in [5.74, 6) is 0. The molecule has 0 aliphatic carbocycles. The quantitative estimate of drug-likeness (QED) is 0.782. The predicted octanol–water partition coefficient (Wildman–Crippen LogP) is 2.17. The summed E-state index contributed by atoms with van der Waals surface area (Å²) in [7, 11) is 0. The normalized spacial score (nSPS) is 14.1. The Kier molecular flexibility index (Phi) is 3.34. The zero-order chi connectivity index (χ0) is 10.8. The van der Waals surface area contributed by atoms with E-state index in [1.807, 2.05) is 0 Å². The number of rotatable bonds is 2. The average molecular weight is 225 g/mol. The van der Waals surface area contributed by atoms with Crippen molar-refractivity contribution in [1.29, 1.82) is 0 Å². The molecule has 0 aliphatic heterocycles. The van der Waals surface area contributed by atoms with Crippen molar-refractivity contribution in [3.05, 3.63) is 29.0 Å². The van der Waals surface area contributed by atoms with E-state index in [0.717, 1.165) is 0 Å². The molecule has 1 heterocycles. The third kappa shape index (κ3) is 2.85. The van der Waals surface area contributed by atoms with Crippen LogP contribution in [0.15, 0.2) is 18.3 Å². The highest BCUT2D eigenvalue weighted by molar-refractivity contribution is 6.30. The van der Waals surface area contributed by atoms with Gasteiger partial charge in [0.05, 0.1) is 0 Å². The van der Waals surface area contributed by atoms with Crippen molar-refractivity contribution in [1.82, 2.24) is 4.98 Å². The third-order valence-corrected chi connectivity index (χ3v) is 2.04. The Morgan fingerprint density at radius 1 is 1.50 bits per heavy atom. The zero-order valence-corrected chi connectivity index (χ0v) is 7.81. The predicted molar refractivity (Wildman–Crippen MR) is 47.0 cm³/mol. The van der Waals surface area contributed by atoms with Crippen molar-refractivity contribution in [2.75, 3.05) is 0 Å². The van der Waals surface area contributed by atoms with E-state index in [2.05, 4.69) is 4.98 Å². The maximum atomic E-state index is 12.1. The molecule has 0 fully saturated rings. The lowest BCUT2D eigenvalue weighted by Gasteiger charge is -2.15. The minimum Gasteiger partial charge on any atom is -0.320 e. The monoisotopic (exact) mass is 224 g/mol. The van der Waals surface area contributed by atoms with Gasteiger partial charge in [-0.15, -0.1) is 0 Å². The van der Waals surface area contributed by atoms with Crippen LogP contribution in [0.5, 0.6) is 0 Å². The van der Waals surface area contributed by atoms with Crippen molar-refractivity contribution in [2.24, 2.45) is 5.73 Å². The molecule has 0 aliphatic rings. The first-order chi connectivity index (χ1) is 6.41. The fourth-order valence-corrected chi connectivity index (χ4v) is 1.12. The topological polar surface area (TPSA) is 38.9 Å². The van der Waals surface area contributed by atoms with E-state index in [1.165, 1.54) is 18.3 Å². The summed E-state index contributed by atoms with van der Waals surface area (Å²) in [6.45, 7) is 0. The second-order valence-corrected chi connectivity index (χ2v) is 3.16. The van der Waals surface area contributed by atoms with Gasteiger partial charge in [-0.3, -0.25) is 0 Å². The molecule has 0 spiro atoms. The number of aromatic nitrogens is 1. The van der Waals surface area contributed by atoms with Crippen LogP contribution >= 0.6 is 11.6 Å². The van der Waals surface area contributed by atoms with Crippen LogP contribution in [0.2, 0.25) is 5.15 Å². The molecule has 0 aromatic carbocycles. The smallest absolute Gasteiger partial charge is 0.320 e. The van der Waals surface area contributed by atoms with Crippen molar-refractivity contribution >= 4 is 11.6 Å². The first-order valence-electron chi connectivity index (χ1n) is 3.83. The van der Waals surface area contributed by atoms with Crippen molar-refractivity contribution in [3.8, 4) is 0 Å². The molecule has 2 N–H and O–H groups in total. The summed E-state index contributed by atoms with van der Waals surface area (Å²) >= 11 is 5.58. The molecule has 1 atom stereocenters. The zero-order valence-electron chi connectivity index (χ0n) is 7.05. The van der Waals surface area contributed by atoms with Gasteiger partial charge in [0, 0.05) is 6.20 Å². The summed E-state index contributed by atoms with van der Waals surface area (Å²) in [5, 5.41) is 0.0622. The second kappa shape index (κ2) is 4.14. The fraction of sp³-hybridized carbons (Fsp3) is 0.375. The van der Waals surface area contributed by atoms with Gasteiger partial charge >= 0.3 is 6.18 Å². The second-order valence-electron chi connectivity index (χ2n) is 2.81. The molecule has 2 nitrogen and oxygen atoms in total. The molecule has 1 aromatic heterocycles. The van der Waals surface area contributed by atoms with E-state index < -0.39 is 12.2 Å². The average Bonchev–Trinajstić information content (AvgIpc) is 2.07. The van der Waals surface area contributed by atoms with Gasteiger partial charge in [-0.25, -0.2) is 4.98 Å². The largest absolute Gasteiger partial charge is 0.403 e. The SMILES string of the molecule is NC(Cc1cccnc1Cl)C(F)(F)F. The molecule has 1 aromatic rings. The van der Waals surface area contributed by atoms with Gasteiger partial charge < -0.3 is 5.73 Å². The molecule has 1 unspecified atom stereocenters. The third-order valence-electron chi connectivity index (χ3n) is 1.70. The summed E-state index contributed by atoms with van der Waals surface area (Å²) < 4.78 is 36.2. The Labute approximate surface area is 83.9 Å². The van der Waals surface area contributed by atoms with E-state index in [9.17, 15) is 13.2 Å². The molecule has 0 radical (unpaired) electrons. The van der Waals surface area contributed by atoms with Crippen LogP contribution in [-0.4, -0.2) is 17.2 Å². The number of hydrogen-bond donors (Lipinski definition) is 1. The van der Waals surface area contributed by atoms with Gasteiger partial charge in [0.1, 0.15) is 11.2 Å². The van der Waals surface area contributed by atoms with E-state index in [-0.39, 0.29) is 11.6 Å². The lowest BCUT2D eigenvalue weighted by atomic mass is 10.1. The van der Waals surface area contributed by atoms with Crippen LogP contribution in [0, 0.1) is 0 Å². The van der Waals surface area contributed by atoms with E-state index in [4.69, 9.17) is 17.3 Å². The van der Waals surface area contributed by atoms with Gasteiger partial charge in [-0.2, -0.15) is 13.2 Å². The first-order valence-corrected chi connectivity index (χ1v) is 4.20. The van der Waals surface area contributed by atoms with Crippen LogP contribution in [-0.2, 0) is 6.42 Å². The number of hydrogen-bond acceptors (Lipinski definition) is 2. The van der Waals surface area contributed by atoms with E-state index >= 15 is 0 Å². The highest BCUT2D eigenvalue weighted by atomic mass is 35.5. The summed E-state index contributed by atoms with van der Waals surface area (Å²) in [5.41, 5.74) is 5.24. The standard InChI is InChI=1S/C8H8ClF3N2/c9-7-5(2-1-3-14-7)4-6(13)8(10,11)12/h1-3,6H,4,13H2. The molecular weight excluding hydrogens is 217 g/mol. The lowest BCUT2D eigenvalue weighted by Crippen LogP contribution is -2.39. The molecule has 1 rings (SSSR count). The maximum Gasteiger partial charge on any atom is 0.403 e. The van der Waals surface area contributed by atoms with Crippen molar-refractivity contribution in [3.63, 3.8) is 0 Å². The molecule has 0 bridgehead atoms. The Morgan fingerprint density at radius 2 is 2.14 bits per heavy atom. The molecule has 0 saturated carbocycles. The van der Waals surface area contributed by atoms with Crippen molar-refractivity contribution in [2.45, 2.75) is 18.6 Å². The molecule has 0 amide bonds. The summed E-state index contributed by atoms with van der Waals surface area (Å²) in [6, 6.07) is 1.09. The Hall–Kier alpha value is -0.810. The molecule has 78 valence electrons. The lowest BCUT2D eigenvalue weighted by molar-refractivity contribution is -0.147. The fourth-order valence-electron chi connectivity index (χ4n) is 0.924. The van der Waals surface area contributed by atoms with Gasteiger partial charge in [-0.1, -0.05) is 17.7 Å². The first kappa shape index (κ1) is 11.3. The van der Waals surface area contributed by atoms with Gasteiger partial charge in [-0.05, 0) is 18.1 Å². The van der Waals surface area contributed by atoms with Gasteiger partial charge in [0.15, 0.2) is 0 Å². The highest BCUT2D eigenvalue weighted by Crippen LogP contribution is 2.23. The van der Waals surface area contributed by atoms with Crippen LogP contribution in [0.1, 0.15) is 5.56 Å². The van der Waals surface area contributed by atoms with Crippen LogP contribution in [0.4, 0.5) is 13.2 Å². The molecule has 6 heteroatoms. The maximum absolute atomic E-state index is 12.1. The minimum absolute atomic E-state index is 0.0622. The molecular formula is C8H8ClF3N2. The number of nitrogens with two attached hydrogens (primary N) is 1. The van der Waals surface area contributed by atoms with Gasteiger partial charge in [0.2, 0.25) is 0 Å². The summed E-state index contributed by atoms with van der Waals surface area (Å²) in [6.07, 6.45) is -3.35. The Morgan fingerprint density at radius 3 is 2.64 bits per heavy atom. The Balaban J connectivity index is 2.75. The highest BCUT2D eigenvalue weighted by Gasteiger charge is 2.36. The van der Waals surface area contributed by atoms with E-state index in [1.54, 1.807) is 0 Å². The number of halogens is 4.